The van der Waals surface area contributed by atoms with E-state index in [1.807, 2.05) is 0 Å². The topological polar surface area (TPSA) is 65.2 Å². The normalized spacial score (nSPS) is 12.5. The van der Waals surface area contributed by atoms with E-state index in [0.717, 1.165) is 4.58 Å². The van der Waals surface area contributed by atoms with E-state index in [2.05, 4.69) is 0 Å². The minimum Gasteiger partial charge on any atom is -0.166 e. The molecule has 82 valence electrons. The van der Waals surface area contributed by atoms with Crippen LogP contribution in [0.5, 0.6) is 0 Å². The SMILES string of the molecule is O=[NH+]S(=O)(=O)c1ccc(C(F)(F)F)cc1. The minimum absolute atomic E-state index is 0.509. The molecule has 0 spiro atoms. The van der Waals surface area contributed by atoms with Gasteiger partial charge < -0.3 is 0 Å². The summed E-state index contributed by atoms with van der Waals surface area (Å²) >= 11 is 0. The lowest BCUT2D eigenvalue weighted by molar-refractivity contribution is -0.294. The summed E-state index contributed by atoms with van der Waals surface area (Å²) in [6.45, 7) is 0. The van der Waals surface area contributed by atoms with Crippen LogP contribution in [0.15, 0.2) is 29.2 Å². The number of alkyl halides is 3. The van der Waals surface area contributed by atoms with Gasteiger partial charge in [-0.1, -0.05) is 0 Å². The second-order valence-electron chi connectivity index (χ2n) is 2.61. The fourth-order valence-electron chi connectivity index (χ4n) is 0.871. The summed E-state index contributed by atoms with van der Waals surface area (Å²) in [5, 5.41) is 0. The molecule has 0 aliphatic heterocycles. The molecular formula is C7H5F3NO3S+. The maximum atomic E-state index is 12.1. The molecule has 1 aromatic carbocycles. The number of rotatable bonds is 2. The van der Waals surface area contributed by atoms with E-state index in [-0.39, 0.29) is 0 Å². The highest BCUT2D eigenvalue weighted by molar-refractivity contribution is 7.84. The highest BCUT2D eigenvalue weighted by Gasteiger charge is 2.31. The van der Waals surface area contributed by atoms with Crippen LogP contribution in [0, 0.1) is 4.91 Å². The quantitative estimate of drug-likeness (QED) is 0.805. The van der Waals surface area contributed by atoms with E-state index in [1.54, 1.807) is 0 Å². The van der Waals surface area contributed by atoms with E-state index in [4.69, 9.17) is 0 Å². The molecule has 0 unspecified atom stereocenters. The number of hydrogen-bond donors (Lipinski definition) is 1. The van der Waals surface area contributed by atoms with Crippen molar-refractivity contribution in [2.45, 2.75) is 11.1 Å². The zero-order valence-electron chi connectivity index (χ0n) is 7.08. The summed E-state index contributed by atoms with van der Waals surface area (Å²) in [7, 11) is -4.23. The van der Waals surface area contributed by atoms with Gasteiger partial charge >= 0.3 is 16.2 Å². The maximum Gasteiger partial charge on any atom is 0.435 e. The summed E-state index contributed by atoms with van der Waals surface area (Å²) in [5.41, 5.74) is -0.979. The first kappa shape index (κ1) is 11.6. The maximum absolute atomic E-state index is 12.1. The molecule has 0 amide bonds. The molecule has 1 rings (SSSR count). The zero-order chi connectivity index (χ0) is 11.7. The molecule has 1 aromatic rings. The Bertz CT molecular complexity index is 463. The van der Waals surface area contributed by atoms with Gasteiger partial charge in [0.25, 0.3) is 0 Å². The Balaban J connectivity index is 3.17. The Morgan fingerprint density at radius 3 is 1.87 bits per heavy atom. The Labute approximate surface area is 82.7 Å². The van der Waals surface area contributed by atoms with Gasteiger partial charge in [0, 0.05) is 4.91 Å². The van der Waals surface area contributed by atoms with Crippen molar-refractivity contribution in [3.8, 4) is 0 Å². The van der Waals surface area contributed by atoms with Crippen molar-refractivity contribution >= 4 is 10.0 Å². The van der Waals surface area contributed by atoms with Gasteiger partial charge in [-0.25, -0.2) is 0 Å². The number of nitroso groups, excluding NO2 is 1. The van der Waals surface area contributed by atoms with Gasteiger partial charge in [-0.05, 0) is 24.3 Å². The number of halogens is 3. The predicted octanol–water partition coefficient (Wildman–Crippen LogP) is 0.241. The largest absolute Gasteiger partial charge is 0.435 e. The second kappa shape index (κ2) is 3.61. The third-order valence-corrected chi connectivity index (χ3v) is 2.71. The smallest absolute Gasteiger partial charge is 0.166 e. The van der Waals surface area contributed by atoms with Crippen molar-refractivity contribution < 1.29 is 26.2 Å². The first-order valence-electron chi connectivity index (χ1n) is 3.58. The van der Waals surface area contributed by atoms with Crippen LogP contribution in [0.25, 0.3) is 0 Å². The molecule has 0 aromatic heterocycles. The van der Waals surface area contributed by atoms with E-state index in [9.17, 15) is 26.5 Å². The molecule has 0 aliphatic carbocycles. The van der Waals surface area contributed by atoms with Gasteiger partial charge in [-0.15, -0.1) is 0 Å². The van der Waals surface area contributed by atoms with Crippen molar-refractivity contribution in [2.24, 2.45) is 0 Å². The molecule has 0 aliphatic rings. The van der Waals surface area contributed by atoms with Crippen molar-refractivity contribution in [1.82, 2.24) is 0 Å². The minimum atomic E-state index is -4.53. The molecule has 8 heteroatoms. The van der Waals surface area contributed by atoms with Crippen LogP contribution in [-0.4, -0.2) is 8.42 Å². The molecule has 0 heterocycles. The third kappa shape index (κ3) is 2.52. The molecular weight excluding hydrogens is 235 g/mol. The second-order valence-corrected chi connectivity index (χ2v) is 4.25. The lowest BCUT2D eigenvalue weighted by Gasteiger charge is -2.05. The van der Waals surface area contributed by atoms with Gasteiger partial charge in [0.05, 0.1) is 5.56 Å². The third-order valence-electron chi connectivity index (χ3n) is 1.60. The van der Waals surface area contributed by atoms with E-state index < -0.39 is 26.7 Å². The van der Waals surface area contributed by atoms with Gasteiger partial charge in [-0.2, -0.15) is 21.6 Å². The van der Waals surface area contributed by atoms with E-state index >= 15 is 0 Å². The average Bonchev–Trinajstić information content (AvgIpc) is 2.17. The monoisotopic (exact) mass is 240 g/mol. The highest BCUT2D eigenvalue weighted by Crippen LogP contribution is 2.29. The van der Waals surface area contributed by atoms with Crippen LogP contribution >= 0.6 is 0 Å². The number of benzene rings is 1. The highest BCUT2D eigenvalue weighted by atomic mass is 32.2. The molecule has 0 radical (unpaired) electrons. The molecule has 0 fully saturated rings. The first-order valence-corrected chi connectivity index (χ1v) is 5.07. The first-order chi connectivity index (χ1) is 6.77. The average molecular weight is 240 g/mol. The van der Waals surface area contributed by atoms with Crippen molar-refractivity contribution in [3.05, 3.63) is 34.7 Å². The number of sulfonamides is 1. The van der Waals surface area contributed by atoms with Gasteiger partial charge in [-0.3, -0.25) is 0 Å². The van der Waals surface area contributed by atoms with Gasteiger partial charge in [0.1, 0.15) is 9.48 Å². The predicted molar refractivity (Wildman–Crippen MR) is 43.0 cm³/mol. The van der Waals surface area contributed by atoms with Gasteiger partial charge in [0.15, 0.2) is 0 Å². The molecule has 0 saturated carbocycles. The standard InChI is InChI=1S/C7H4F3NO3S/c8-7(9,10)5-1-3-6(4-2-5)15(13,14)11-12/h1-4H/p+1. The zero-order valence-corrected chi connectivity index (χ0v) is 7.89. The lowest BCUT2D eigenvalue weighted by atomic mass is 10.2. The summed E-state index contributed by atoms with van der Waals surface area (Å²) in [5.74, 6) is 0. The number of nitrogens with one attached hydrogen (secondary N) is 1. The van der Waals surface area contributed by atoms with Crippen LogP contribution in [0.3, 0.4) is 0 Å². The lowest BCUT2D eigenvalue weighted by Crippen LogP contribution is -2.68. The molecule has 4 nitrogen and oxygen atoms in total. The van der Waals surface area contributed by atoms with E-state index in [1.165, 1.54) is 0 Å². The van der Waals surface area contributed by atoms with Crippen LogP contribution in [0.1, 0.15) is 5.56 Å². The molecule has 1 N–H and O–H groups in total. The Kier molecular flexibility index (Phi) is 2.80. The molecule has 0 bridgehead atoms. The Hall–Kier alpha value is -1.44. The van der Waals surface area contributed by atoms with Crippen LogP contribution in [0.2, 0.25) is 0 Å². The van der Waals surface area contributed by atoms with Crippen LogP contribution in [-0.2, 0) is 16.2 Å². The fourth-order valence-corrected chi connectivity index (χ4v) is 1.46. The molecule has 0 saturated heterocycles. The Morgan fingerprint density at radius 1 is 1.07 bits per heavy atom. The summed E-state index contributed by atoms with van der Waals surface area (Å²) in [4.78, 5) is 9.46. The van der Waals surface area contributed by atoms with Gasteiger partial charge in [0.2, 0.25) is 0 Å². The van der Waals surface area contributed by atoms with Crippen LogP contribution < -0.4 is 4.58 Å². The van der Waals surface area contributed by atoms with Crippen LogP contribution in [0.4, 0.5) is 13.2 Å². The Morgan fingerprint density at radius 2 is 1.53 bits per heavy atom. The summed E-state index contributed by atoms with van der Waals surface area (Å²) in [6.07, 6.45) is -4.53. The molecule has 0 atom stereocenters. The fraction of sp³-hybridized carbons (Fsp3) is 0.143. The van der Waals surface area contributed by atoms with Crippen molar-refractivity contribution in [2.75, 3.05) is 0 Å². The van der Waals surface area contributed by atoms with Crippen molar-refractivity contribution in [3.63, 3.8) is 0 Å². The van der Waals surface area contributed by atoms with E-state index in [0.29, 0.717) is 24.3 Å². The summed E-state index contributed by atoms with van der Waals surface area (Å²) < 4.78 is 58.7. The number of hydrogen-bond acceptors (Lipinski definition) is 3. The van der Waals surface area contributed by atoms with Crippen molar-refractivity contribution in [1.29, 1.82) is 0 Å². The summed E-state index contributed by atoms with van der Waals surface area (Å²) in [6, 6.07) is 2.60. The molecule has 15 heavy (non-hydrogen) atoms.